The molecule has 0 bridgehead atoms. The number of nitrogens with one attached hydrogen (secondary N) is 1. The van der Waals surface area contributed by atoms with Crippen molar-refractivity contribution in [3.63, 3.8) is 0 Å². The molecule has 1 heterocycles. The molecule has 0 atom stereocenters. The van der Waals surface area contributed by atoms with E-state index in [2.05, 4.69) is 21.9 Å². The van der Waals surface area contributed by atoms with Crippen molar-refractivity contribution in [1.29, 1.82) is 0 Å². The summed E-state index contributed by atoms with van der Waals surface area (Å²) in [4.78, 5) is 19.2. The van der Waals surface area contributed by atoms with E-state index in [1.54, 1.807) is 6.08 Å². The first-order chi connectivity index (χ1) is 10.5. The molecule has 0 unspecified atom stereocenters. The molecule has 0 spiro atoms. The predicted molar refractivity (Wildman–Crippen MR) is 83.3 cm³/mol. The average molecular weight is 310 g/mol. The number of nitro groups is 1. The summed E-state index contributed by atoms with van der Waals surface area (Å²) in [5, 5.41) is 14.2. The van der Waals surface area contributed by atoms with Gasteiger partial charge >= 0.3 is 5.69 Å². The number of hydrogen-bond acceptors (Lipinski definition) is 7. The summed E-state index contributed by atoms with van der Waals surface area (Å²) < 4.78 is 10.3. The van der Waals surface area contributed by atoms with Gasteiger partial charge in [-0.3, -0.25) is 10.1 Å². The van der Waals surface area contributed by atoms with Crippen LogP contribution in [-0.2, 0) is 11.2 Å². The molecule has 0 aliphatic rings. The molecule has 22 heavy (non-hydrogen) atoms. The highest BCUT2D eigenvalue weighted by Crippen LogP contribution is 2.32. The Labute approximate surface area is 129 Å². The molecule has 0 radical (unpaired) electrons. The number of anilines is 1. The van der Waals surface area contributed by atoms with Crippen molar-refractivity contribution in [3.8, 4) is 5.88 Å². The molecule has 1 aromatic rings. The number of aromatic nitrogens is 2. The fraction of sp³-hybridized carbons (Fsp3) is 0.571. The highest BCUT2D eigenvalue weighted by Gasteiger charge is 2.26. The van der Waals surface area contributed by atoms with Gasteiger partial charge in [-0.1, -0.05) is 19.9 Å². The smallest absolute Gasteiger partial charge is 0.372 e. The van der Waals surface area contributed by atoms with Gasteiger partial charge in [0.15, 0.2) is 0 Å². The van der Waals surface area contributed by atoms with Crippen LogP contribution in [0.3, 0.4) is 0 Å². The van der Waals surface area contributed by atoms with Gasteiger partial charge in [0, 0.05) is 20.1 Å². The van der Waals surface area contributed by atoms with Gasteiger partial charge in [-0.25, -0.2) is 4.98 Å². The summed E-state index contributed by atoms with van der Waals surface area (Å²) in [6.07, 6.45) is 2.20. The van der Waals surface area contributed by atoms with Crippen LogP contribution in [0.5, 0.6) is 5.88 Å². The molecule has 0 fully saturated rings. The molecular formula is C14H22N4O4. The maximum atomic E-state index is 11.3. The SMILES string of the molecule is C=CCNc1nc(CC(C)C)nc(OCCOC)c1[N+](=O)[O-]. The lowest BCUT2D eigenvalue weighted by molar-refractivity contribution is -0.385. The van der Waals surface area contributed by atoms with Crippen LogP contribution >= 0.6 is 0 Å². The van der Waals surface area contributed by atoms with Crippen LogP contribution < -0.4 is 10.1 Å². The van der Waals surface area contributed by atoms with E-state index < -0.39 is 4.92 Å². The van der Waals surface area contributed by atoms with Crippen molar-refractivity contribution in [2.24, 2.45) is 5.92 Å². The van der Waals surface area contributed by atoms with Crippen molar-refractivity contribution < 1.29 is 14.4 Å². The highest BCUT2D eigenvalue weighted by molar-refractivity contribution is 5.62. The maximum absolute atomic E-state index is 11.3. The lowest BCUT2D eigenvalue weighted by atomic mass is 10.1. The fourth-order valence-electron chi connectivity index (χ4n) is 1.71. The minimum atomic E-state index is -0.549. The lowest BCUT2D eigenvalue weighted by Crippen LogP contribution is -2.13. The van der Waals surface area contributed by atoms with E-state index in [0.717, 1.165) is 0 Å². The second-order valence-electron chi connectivity index (χ2n) is 5.01. The van der Waals surface area contributed by atoms with Crippen molar-refractivity contribution in [3.05, 3.63) is 28.6 Å². The number of rotatable bonds is 10. The van der Waals surface area contributed by atoms with E-state index in [0.29, 0.717) is 31.3 Å². The van der Waals surface area contributed by atoms with Crippen molar-refractivity contribution >= 4 is 11.5 Å². The summed E-state index contributed by atoms with van der Waals surface area (Å²) in [6.45, 7) is 8.47. The molecule has 8 nitrogen and oxygen atoms in total. The van der Waals surface area contributed by atoms with Gasteiger partial charge in [0.25, 0.3) is 5.88 Å². The predicted octanol–water partition coefficient (Wildman–Crippen LogP) is 2.21. The largest absolute Gasteiger partial charge is 0.470 e. The topological polar surface area (TPSA) is 99.4 Å². The van der Waals surface area contributed by atoms with Gasteiger partial charge in [0.1, 0.15) is 12.4 Å². The standard InChI is InChI=1S/C14H22N4O4/c1-5-6-15-13-12(18(19)20)14(22-8-7-21-4)17-11(16-13)9-10(2)3/h5,10H,1,6-9H2,2-4H3,(H,15,16,17). The van der Waals surface area contributed by atoms with E-state index in [1.165, 1.54) is 7.11 Å². The van der Waals surface area contributed by atoms with Gasteiger partial charge in [-0.05, 0) is 5.92 Å². The zero-order chi connectivity index (χ0) is 16.5. The Kier molecular flexibility index (Phi) is 7.24. The van der Waals surface area contributed by atoms with Crippen LogP contribution in [0.2, 0.25) is 0 Å². The van der Waals surface area contributed by atoms with Gasteiger partial charge in [0.2, 0.25) is 5.82 Å². The first-order valence-electron chi connectivity index (χ1n) is 7.01. The second kappa shape index (κ2) is 8.93. The Morgan fingerprint density at radius 3 is 2.68 bits per heavy atom. The van der Waals surface area contributed by atoms with E-state index >= 15 is 0 Å². The van der Waals surface area contributed by atoms with E-state index in [4.69, 9.17) is 9.47 Å². The fourth-order valence-corrected chi connectivity index (χ4v) is 1.71. The molecule has 8 heteroatoms. The van der Waals surface area contributed by atoms with Gasteiger partial charge in [0.05, 0.1) is 11.5 Å². The molecule has 1 aromatic heterocycles. The third-order valence-electron chi connectivity index (χ3n) is 2.61. The Hall–Kier alpha value is -2.22. The normalized spacial score (nSPS) is 10.5. The van der Waals surface area contributed by atoms with Gasteiger partial charge in [-0.2, -0.15) is 4.98 Å². The first kappa shape index (κ1) is 17.8. The molecule has 0 aliphatic carbocycles. The molecule has 0 saturated heterocycles. The molecule has 122 valence electrons. The van der Waals surface area contributed by atoms with Crippen molar-refractivity contribution in [1.82, 2.24) is 9.97 Å². The molecule has 1 N–H and O–H groups in total. The minimum absolute atomic E-state index is 0.0423. The van der Waals surface area contributed by atoms with Crippen LogP contribution in [0.4, 0.5) is 11.5 Å². The van der Waals surface area contributed by atoms with E-state index in [9.17, 15) is 10.1 Å². The summed E-state index contributed by atoms with van der Waals surface area (Å²) >= 11 is 0. The zero-order valence-electron chi connectivity index (χ0n) is 13.2. The van der Waals surface area contributed by atoms with Gasteiger partial charge in [-0.15, -0.1) is 6.58 Å². The molecule has 0 amide bonds. The molecule has 0 aliphatic heterocycles. The Morgan fingerprint density at radius 2 is 2.14 bits per heavy atom. The van der Waals surface area contributed by atoms with Crippen molar-refractivity contribution in [2.75, 3.05) is 32.2 Å². The average Bonchev–Trinajstić information content (AvgIpc) is 2.44. The number of methoxy groups -OCH3 is 1. The molecule has 1 rings (SSSR count). The summed E-state index contributed by atoms with van der Waals surface area (Å²) in [6, 6.07) is 0. The number of ether oxygens (including phenoxy) is 2. The Morgan fingerprint density at radius 1 is 1.41 bits per heavy atom. The quantitative estimate of drug-likeness (QED) is 0.306. The van der Waals surface area contributed by atoms with Crippen LogP contribution in [0.1, 0.15) is 19.7 Å². The number of hydrogen-bond donors (Lipinski definition) is 1. The van der Waals surface area contributed by atoms with Crippen molar-refractivity contribution in [2.45, 2.75) is 20.3 Å². The third-order valence-corrected chi connectivity index (χ3v) is 2.61. The maximum Gasteiger partial charge on any atom is 0.372 e. The first-order valence-corrected chi connectivity index (χ1v) is 7.01. The van der Waals surface area contributed by atoms with Gasteiger partial charge < -0.3 is 14.8 Å². The minimum Gasteiger partial charge on any atom is -0.470 e. The summed E-state index contributed by atoms with van der Waals surface area (Å²) in [5.74, 6) is 0.919. The highest BCUT2D eigenvalue weighted by atomic mass is 16.6. The van der Waals surface area contributed by atoms with Crippen LogP contribution in [0, 0.1) is 16.0 Å². The summed E-state index contributed by atoms with van der Waals surface area (Å²) in [5.41, 5.74) is -0.273. The zero-order valence-corrected chi connectivity index (χ0v) is 13.2. The third kappa shape index (κ3) is 5.28. The number of nitrogens with zero attached hydrogens (tertiary/aromatic N) is 3. The monoisotopic (exact) mass is 310 g/mol. The molecule has 0 saturated carbocycles. The van der Waals surface area contributed by atoms with Crippen LogP contribution in [-0.4, -0.2) is 41.8 Å². The molecule has 0 aromatic carbocycles. The molecular weight excluding hydrogens is 288 g/mol. The van der Waals surface area contributed by atoms with Crippen LogP contribution in [0.25, 0.3) is 0 Å². The lowest BCUT2D eigenvalue weighted by Gasteiger charge is -2.12. The summed E-state index contributed by atoms with van der Waals surface area (Å²) in [7, 11) is 1.53. The second-order valence-corrected chi connectivity index (χ2v) is 5.01. The Bertz CT molecular complexity index is 520. The Balaban J connectivity index is 3.20. The van der Waals surface area contributed by atoms with Crippen LogP contribution in [0.15, 0.2) is 12.7 Å². The van der Waals surface area contributed by atoms with E-state index in [-0.39, 0.29) is 24.0 Å². The van der Waals surface area contributed by atoms with E-state index in [1.807, 2.05) is 13.8 Å².